The number of thioether (sulfide) groups is 1. The molecule has 3 nitrogen and oxygen atoms in total. The van der Waals surface area contributed by atoms with Crippen LogP contribution in [0.1, 0.15) is 33.6 Å². The second-order valence-corrected chi connectivity index (χ2v) is 6.38. The third kappa shape index (κ3) is 3.39. The average molecular weight is 244 g/mol. The summed E-state index contributed by atoms with van der Waals surface area (Å²) in [4.78, 5) is 12.1. The van der Waals surface area contributed by atoms with Crippen LogP contribution in [0.3, 0.4) is 0 Å². The standard InChI is InChI=1S/C12H24N2OS/c1-9(2)12(3,8-13)14-11(15)10-4-6-16-7-5-10/h9-10H,4-8,13H2,1-3H3,(H,14,15). The highest BCUT2D eigenvalue weighted by Crippen LogP contribution is 2.24. The normalized spacial score (nSPS) is 21.8. The Morgan fingerprint density at radius 1 is 1.50 bits per heavy atom. The molecule has 0 bridgehead atoms. The van der Waals surface area contributed by atoms with Crippen molar-refractivity contribution in [2.45, 2.75) is 39.2 Å². The second kappa shape index (κ2) is 5.92. The molecule has 1 rings (SSSR count). The summed E-state index contributed by atoms with van der Waals surface area (Å²) in [5.74, 6) is 2.98. The summed E-state index contributed by atoms with van der Waals surface area (Å²) < 4.78 is 0. The van der Waals surface area contributed by atoms with Crippen LogP contribution in [0, 0.1) is 11.8 Å². The van der Waals surface area contributed by atoms with Crippen LogP contribution < -0.4 is 11.1 Å². The molecule has 1 amide bonds. The topological polar surface area (TPSA) is 55.1 Å². The molecule has 1 aliphatic rings. The van der Waals surface area contributed by atoms with Crippen LogP contribution in [0.4, 0.5) is 0 Å². The predicted octanol–water partition coefficient (Wildman–Crippen LogP) is 1.62. The quantitative estimate of drug-likeness (QED) is 0.790. The molecule has 1 saturated heterocycles. The van der Waals surface area contributed by atoms with Gasteiger partial charge in [-0.15, -0.1) is 0 Å². The number of hydrogen-bond donors (Lipinski definition) is 2. The maximum atomic E-state index is 12.1. The van der Waals surface area contributed by atoms with E-state index in [0.717, 1.165) is 24.3 Å². The van der Waals surface area contributed by atoms with Gasteiger partial charge in [0.05, 0.1) is 5.54 Å². The Kier molecular flexibility index (Phi) is 5.12. The molecule has 0 aromatic rings. The molecule has 0 aliphatic carbocycles. The molecule has 1 atom stereocenters. The van der Waals surface area contributed by atoms with Crippen molar-refractivity contribution < 1.29 is 4.79 Å². The van der Waals surface area contributed by atoms with Gasteiger partial charge in [0.25, 0.3) is 0 Å². The molecule has 1 heterocycles. The van der Waals surface area contributed by atoms with E-state index in [1.165, 1.54) is 0 Å². The fourth-order valence-electron chi connectivity index (χ4n) is 1.77. The zero-order valence-corrected chi connectivity index (χ0v) is 11.4. The minimum atomic E-state index is -0.262. The Morgan fingerprint density at radius 3 is 2.50 bits per heavy atom. The Balaban J connectivity index is 2.54. The summed E-state index contributed by atoms with van der Waals surface area (Å²) in [5.41, 5.74) is 5.50. The fraction of sp³-hybridized carbons (Fsp3) is 0.917. The first-order valence-electron chi connectivity index (χ1n) is 6.09. The Labute approximate surface area is 103 Å². The van der Waals surface area contributed by atoms with E-state index in [1.54, 1.807) is 0 Å². The van der Waals surface area contributed by atoms with Gasteiger partial charge in [-0.2, -0.15) is 11.8 Å². The largest absolute Gasteiger partial charge is 0.349 e. The number of nitrogens with one attached hydrogen (secondary N) is 1. The molecule has 16 heavy (non-hydrogen) atoms. The SMILES string of the molecule is CC(C)C(C)(CN)NC(=O)C1CCSCC1. The van der Waals surface area contributed by atoms with E-state index in [9.17, 15) is 4.79 Å². The third-order valence-electron chi connectivity index (χ3n) is 3.70. The number of amides is 1. The van der Waals surface area contributed by atoms with Crippen molar-refractivity contribution in [3.63, 3.8) is 0 Å². The lowest BCUT2D eigenvalue weighted by molar-refractivity contribution is -0.127. The average Bonchev–Trinajstić information content (AvgIpc) is 2.29. The summed E-state index contributed by atoms with van der Waals surface area (Å²) in [5, 5.41) is 3.14. The highest BCUT2D eigenvalue weighted by Gasteiger charge is 2.31. The van der Waals surface area contributed by atoms with Gasteiger partial charge >= 0.3 is 0 Å². The molecule has 0 spiro atoms. The molecule has 94 valence electrons. The number of rotatable bonds is 4. The molecular formula is C12H24N2OS. The molecule has 0 aromatic heterocycles. The molecule has 4 heteroatoms. The van der Waals surface area contributed by atoms with Crippen LogP contribution in [-0.2, 0) is 4.79 Å². The van der Waals surface area contributed by atoms with Gasteiger partial charge in [0, 0.05) is 12.5 Å². The van der Waals surface area contributed by atoms with Crippen LogP contribution >= 0.6 is 11.8 Å². The van der Waals surface area contributed by atoms with Crippen LogP contribution in [0.5, 0.6) is 0 Å². The smallest absolute Gasteiger partial charge is 0.223 e. The van der Waals surface area contributed by atoms with Crippen molar-refractivity contribution in [2.75, 3.05) is 18.1 Å². The zero-order chi connectivity index (χ0) is 12.2. The van der Waals surface area contributed by atoms with Crippen LogP contribution in [0.15, 0.2) is 0 Å². The Hall–Kier alpha value is -0.220. The maximum Gasteiger partial charge on any atom is 0.223 e. The minimum absolute atomic E-state index is 0.196. The molecule has 1 aliphatic heterocycles. The number of nitrogens with two attached hydrogens (primary N) is 1. The number of carbonyl (C=O) groups excluding carboxylic acids is 1. The third-order valence-corrected chi connectivity index (χ3v) is 4.75. The predicted molar refractivity (Wildman–Crippen MR) is 70.5 cm³/mol. The van der Waals surface area contributed by atoms with Gasteiger partial charge in [-0.1, -0.05) is 13.8 Å². The van der Waals surface area contributed by atoms with Crippen molar-refractivity contribution in [1.82, 2.24) is 5.32 Å². The molecule has 1 unspecified atom stereocenters. The fourth-order valence-corrected chi connectivity index (χ4v) is 2.88. The second-order valence-electron chi connectivity index (χ2n) is 5.15. The lowest BCUT2D eigenvalue weighted by Gasteiger charge is -2.35. The summed E-state index contributed by atoms with van der Waals surface area (Å²) >= 11 is 1.94. The zero-order valence-electron chi connectivity index (χ0n) is 10.6. The van der Waals surface area contributed by atoms with Crippen LogP contribution in [0.25, 0.3) is 0 Å². The minimum Gasteiger partial charge on any atom is -0.349 e. The van der Waals surface area contributed by atoms with Gasteiger partial charge in [-0.05, 0) is 37.2 Å². The molecule has 0 saturated carbocycles. The molecule has 1 fully saturated rings. The summed E-state index contributed by atoms with van der Waals surface area (Å²) in [7, 11) is 0. The van der Waals surface area contributed by atoms with E-state index < -0.39 is 0 Å². The Bertz CT molecular complexity index is 239. The molecular weight excluding hydrogens is 220 g/mol. The van der Waals surface area contributed by atoms with Crippen molar-refractivity contribution in [3.05, 3.63) is 0 Å². The summed E-state index contributed by atoms with van der Waals surface area (Å²) in [6, 6.07) is 0. The highest BCUT2D eigenvalue weighted by molar-refractivity contribution is 7.99. The van der Waals surface area contributed by atoms with E-state index in [0.29, 0.717) is 12.5 Å². The first-order valence-corrected chi connectivity index (χ1v) is 7.25. The first kappa shape index (κ1) is 13.8. The van der Waals surface area contributed by atoms with E-state index in [4.69, 9.17) is 5.73 Å². The van der Waals surface area contributed by atoms with Crippen molar-refractivity contribution >= 4 is 17.7 Å². The lowest BCUT2D eigenvalue weighted by atomic mass is 9.87. The van der Waals surface area contributed by atoms with Gasteiger partial charge < -0.3 is 11.1 Å². The molecule has 0 aromatic carbocycles. The van der Waals surface area contributed by atoms with E-state index in [1.807, 2.05) is 18.7 Å². The van der Waals surface area contributed by atoms with E-state index >= 15 is 0 Å². The van der Waals surface area contributed by atoms with Crippen molar-refractivity contribution in [3.8, 4) is 0 Å². The number of carbonyl (C=O) groups is 1. The lowest BCUT2D eigenvalue weighted by Crippen LogP contribution is -2.56. The summed E-state index contributed by atoms with van der Waals surface area (Å²) in [6.45, 7) is 6.73. The van der Waals surface area contributed by atoms with Crippen LogP contribution in [-0.4, -0.2) is 29.5 Å². The van der Waals surface area contributed by atoms with Crippen molar-refractivity contribution in [1.29, 1.82) is 0 Å². The monoisotopic (exact) mass is 244 g/mol. The van der Waals surface area contributed by atoms with Gasteiger partial charge in [0.2, 0.25) is 5.91 Å². The first-order chi connectivity index (χ1) is 7.49. The highest BCUT2D eigenvalue weighted by atomic mass is 32.2. The summed E-state index contributed by atoms with van der Waals surface area (Å²) in [6.07, 6.45) is 2.02. The maximum absolute atomic E-state index is 12.1. The van der Waals surface area contributed by atoms with Gasteiger partial charge in [-0.25, -0.2) is 0 Å². The number of hydrogen-bond acceptors (Lipinski definition) is 3. The van der Waals surface area contributed by atoms with Crippen molar-refractivity contribution in [2.24, 2.45) is 17.6 Å². The molecule has 0 radical (unpaired) electrons. The molecule has 3 N–H and O–H groups in total. The van der Waals surface area contributed by atoms with E-state index in [-0.39, 0.29) is 17.4 Å². The Morgan fingerprint density at radius 2 is 2.06 bits per heavy atom. The van der Waals surface area contributed by atoms with Gasteiger partial charge in [-0.3, -0.25) is 4.79 Å². The van der Waals surface area contributed by atoms with E-state index in [2.05, 4.69) is 19.2 Å². The van der Waals surface area contributed by atoms with Crippen LogP contribution in [0.2, 0.25) is 0 Å². The van der Waals surface area contributed by atoms with Gasteiger partial charge in [0.15, 0.2) is 0 Å². The van der Waals surface area contributed by atoms with Gasteiger partial charge in [0.1, 0.15) is 0 Å².